The Morgan fingerprint density at radius 1 is 1.41 bits per heavy atom. The summed E-state index contributed by atoms with van der Waals surface area (Å²) in [7, 11) is 0. The first-order chi connectivity index (χ1) is 8.15. The Balaban J connectivity index is 1.97. The van der Waals surface area contributed by atoms with Gasteiger partial charge in [0.05, 0.1) is 11.9 Å². The molecule has 0 saturated carbocycles. The van der Waals surface area contributed by atoms with Gasteiger partial charge >= 0.3 is 0 Å². The molecule has 0 unspecified atom stereocenters. The average molecular weight is 250 g/mol. The van der Waals surface area contributed by atoms with Crippen molar-refractivity contribution in [2.45, 2.75) is 26.4 Å². The Labute approximate surface area is 106 Å². The van der Waals surface area contributed by atoms with Crippen molar-refractivity contribution < 1.29 is 0 Å². The number of anilines is 1. The van der Waals surface area contributed by atoms with Gasteiger partial charge in [0.1, 0.15) is 0 Å². The van der Waals surface area contributed by atoms with Gasteiger partial charge in [-0.2, -0.15) is 5.10 Å². The lowest BCUT2D eigenvalue weighted by atomic mass is 10.2. The fourth-order valence-corrected chi connectivity index (χ4v) is 1.78. The SMILES string of the molecule is CC(C)n1cc(NCc2cccc(Cl)c2)cn1. The van der Waals surface area contributed by atoms with E-state index in [1.807, 2.05) is 41.3 Å². The summed E-state index contributed by atoms with van der Waals surface area (Å²) in [6.07, 6.45) is 3.85. The van der Waals surface area contributed by atoms with E-state index < -0.39 is 0 Å². The molecule has 1 N–H and O–H groups in total. The minimum atomic E-state index is 0.386. The summed E-state index contributed by atoms with van der Waals surface area (Å²) in [6.45, 7) is 4.96. The highest BCUT2D eigenvalue weighted by molar-refractivity contribution is 6.30. The van der Waals surface area contributed by atoms with Crippen molar-refractivity contribution in [2.24, 2.45) is 0 Å². The standard InChI is InChI=1S/C13H16ClN3/c1-10(2)17-9-13(8-16-17)15-7-11-4-3-5-12(14)6-11/h3-6,8-10,15H,7H2,1-2H3. The summed E-state index contributed by atoms with van der Waals surface area (Å²) in [5.41, 5.74) is 2.19. The highest BCUT2D eigenvalue weighted by atomic mass is 35.5. The van der Waals surface area contributed by atoms with Gasteiger partial charge in [-0.3, -0.25) is 4.68 Å². The molecule has 17 heavy (non-hydrogen) atoms. The lowest BCUT2D eigenvalue weighted by Gasteiger charge is -2.05. The van der Waals surface area contributed by atoms with Crippen LogP contribution in [0.25, 0.3) is 0 Å². The number of rotatable bonds is 4. The van der Waals surface area contributed by atoms with Gasteiger partial charge in [0.2, 0.25) is 0 Å². The average Bonchev–Trinajstić information content (AvgIpc) is 2.75. The number of aromatic nitrogens is 2. The fourth-order valence-electron chi connectivity index (χ4n) is 1.56. The molecule has 1 aromatic heterocycles. The van der Waals surface area contributed by atoms with E-state index in [9.17, 15) is 0 Å². The first-order valence-corrected chi connectivity index (χ1v) is 6.05. The second-order valence-electron chi connectivity index (χ2n) is 4.29. The van der Waals surface area contributed by atoms with Gasteiger partial charge in [0.25, 0.3) is 0 Å². The van der Waals surface area contributed by atoms with Crippen molar-refractivity contribution in [1.82, 2.24) is 9.78 Å². The van der Waals surface area contributed by atoms with Gasteiger partial charge in [-0.25, -0.2) is 0 Å². The molecule has 1 heterocycles. The molecule has 0 bridgehead atoms. The van der Waals surface area contributed by atoms with Gasteiger partial charge in [0.15, 0.2) is 0 Å². The van der Waals surface area contributed by atoms with E-state index >= 15 is 0 Å². The van der Waals surface area contributed by atoms with Crippen molar-refractivity contribution in [2.75, 3.05) is 5.32 Å². The summed E-state index contributed by atoms with van der Waals surface area (Å²) in [5, 5.41) is 8.36. The molecule has 0 atom stereocenters. The first kappa shape index (κ1) is 12.0. The number of hydrogen-bond acceptors (Lipinski definition) is 2. The van der Waals surface area contributed by atoms with Crippen LogP contribution in [-0.2, 0) is 6.54 Å². The summed E-state index contributed by atoms with van der Waals surface area (Å²) < 4.78 is 1.93. The molecule has 0 saturated heterocycles. The highest BCUT2D eigenvalue weighted by Gasteiger charge is 2.01. The van der Waals surface area contributed by atoms with Crippen LogP contribution in [0.3, 0.4) is 0 Å². The molecule has 0 radical (unpaired) electrons. The quantitative estimate of drug-likeness (QED) is 0.895. The largest absolute Gasteiger partial charge is 0.378 e. The van der Waals surface area contributed by atoms with Gasteiger partial charge in [-0.15, -0.1) is 0 Å². The van der Waals surface area contributed by atoms with E-state index in [0.29, 0.717) is 6.04 Å². The topological polar surface area (TPSA) is 29.9 Å². The van der Waals surface area contributed by atoms with Crippen LogP contribution in [0.1, 0.15) is 25.5 Å². The predicted octanol–water partition coefficient (Wildman–Crippen LogP) is 3.73. The Kier molecular flexibility index (Phi) is 3.69. The molecule has 0 fully saturated rings. The van der Waals surface area contributed by atoms with Crippen molar-refractivity contribution in [3.63, 3.8) is 0 Å². The Hall–Kier alpha value is -1.48. The van der Waals surface area contributed by atoms with Crippen molar-refractivity contribution in [3.8, 4) is 0 Å². The molecule has 2 aromatic rings. The summed E-state index contributed by atoms with van der Waals surface area (Å²) in [5.74, 6) is 0. The van der Waals surface area contributed by atoms with Gasteiger partial charge in [-0.1, -0.05) is 23.7 Å². The number of benzene rings is 1. The van der Waals surface area contributed by atoms with E-state index in [1.165, 1.54) is 0 Å². The number of nitrogens with zero attached hydrogens (tertiary/aromatic N) is 2. The fraction of sp³-hybridized carbons (Fsp3) is 0.308. The van der Waals surface area contributed by atoms with Crippen LogP contribution in [-0.4, -0.2) is 9.78 Å². The van der Waals surface area contributed by atoms with Crippen LogP contribution in [0.15, 0.2) is 36.7 Å². The second kappa shape index (κ2) is 5.23. The zero-order chi connectivity index (χ0) is 12.3. The van der Waals surface area contributed by atoms with E-state index in [-0.39, 0.29) is 0 Å². The molecule has 0 aliphatic rings. The lowest BCUT2D eigenvalue weighted by Crippen LogP contribution is -2.01. The van der Waals surface area contributed by atoms with Crippen LogP contribution in [0.5, 0.6) is 0 Å². The van der Waals surface area contributed by atoms with Crippen LogP contribution >= 0.6 is 11.6 Å². The number of nitrogens with one attached hydrogen (secondary N) is 1. The zero-order valence-electron chi connectivity index (χ0n) is 10.0. The third kappa shape index (κ3) is 3.24. The summed E-state index contributed by atoms with van der Waals surface area (Å²) in [4.78, 5) is 0. The van der Waals surface area contributed by atoms with Crippen LogP contribution in [0.2, 0.25) is 5.02 Å². The molecular formula is C13H16ClN3. The smallest absolute Gasteiger partial charge is 0.0729 e. The zero-order valence-corrected chi connectivity index (χ0v) is 10.8. The van der Waals surface area contributed by atoms with Crippen molar-refractivity contribution >= 4 is 17.3 Å². The molecule has 3 nitrogen and oxygen atoms in total. The van der Waals surface area contributed by atoms with Gasteiger partial charge in [0, 0.05) is 23.8 Å². The Morgan fingerprint density at radius 2 is 2.24 bits per heavy atom. The van der Waals surface area contributed by atoms with Crippen molar-refractivity contribution in [3.05, 3.63) is 47.2 Å². The normalized spacial score (nSPS) is 10.8. The number of halogens is 1. The van der Waals surface area contributed by atoms with Crippen LogP contribution in [0, 0.1) is 0 Å². The second-order valence-corrected chi connectivity index (χ2v) is 4.72. The predicted molar refractivity (Wildman–Crippen MR) is 71.4 cm³/mol. The van der Waals surface area contributed by atoms with Crippen LogP contribution in [0.4, 0.5) is 5.69 Å². The Bertz CT molecular complexity index is 491. The molecule has 90 valence electrons. The van der Waals surface area contributed by atoms with Gasteiger partial charge in [-0.05, 0) is 31.5 Å². The van der Waals surface area contributed by atoms with E-state index in [1.54, 1.807) is 0 Å². The third-order valence-electron chi connectivity index (χ3n) is 2.52. The van der Waals surface area contributed by atoms with Crippen LogP contribution < -0.4 is 5.32 Å². The van der Waals surface area contributed by atoms with Crippen molar-refractivity contribution in [1.29, 1.82) is 0 Å². The molecule has 0 spiro atoms. The maximum Gasteiger partial charge on any atom is 0.0729 e. The minimum absolute atomic E-state index is 0.386. The maximum atomic E-state index is 5.93. The summed E-state index contributed by atoms with van der Waals surface area (Å²) in [6, 6.07) is 8.23. The molecule has 1 aromatic carbocycles. The molecular weight excluding hydrogens is 234 g/mol. The molecule has 2 rings (SSSR count). The minimum Gasteiger partial charge on any atom is -0.378 e. The first-order valence-electron chi connectivity index (χ1n) is 5.67. The molecule has 4 heteroatoms. The van der Waals surface area contributed by atoms with E-state index in [2.05, 4.69) is 24.3 Å². The highest BCUT2D eigenvalue weighted by Crippen LogP contribution is 2.14. The monoisotopic (exact) mass is 249 g/mol. The van der Waals surface area contributed by atoms with Gasteiger partial charge < -0.3 is 5.32 Å². The maximum absolute atomic E-state index is 5.93. The number of hydrogen-bond donors (Lipinski definition) is 1. The molecule has 0 aliphatic carbocycles. The lowest BCUT2D eigenvalue weighted by molar-refractivity contribution is 0.532. The van der Waals surface area contributed by atoms with E-state index in [0.717, 1.165) is 22.8 Å². The molecule has 0 amide bonds. The summed E-state index contributed by atoms with van der Waals surface area (Å²) >= 11 is 5.93. The third-order valence-corrected chi connectivity index (χ3v) is 2.75. The Morgan fingerprint density at radius 3 is 2.88 bits per heavy atom. The molecule has 0 aliphatic heterocycles. The van der Waals surface area contributed by atoms with E-state index in [4.69, 9.17) is 11.6 Å².